The van der Waals surface area contributed by atoms with Gasteiger partial charge in [-0.25, -0.2) is 4.68 Å². The monoisotopic (exact) mass is 330 g/mol. The Balaban J connectivity index is 1.81. The number of benzene rings is 2. The molecule has 0 aliphatic rings. The van der Waals surface area contributed by atoms with Crippen LogP contribution in [0.25, 0.3) is 11.4 Å². The van der Waals surface area contributed by atoms with Gasteiger partial charge in [-0.2, -0.15) is 0 Å². The summed E-state index contributed by atoms with van der Waals surface area (Å²) in [6.45, 7) is 2.10. The van der Waals surface area contributed by atoms with Crippen LogP contribution < -0.4 is 5.84 Å². The van der Waals surface area contributed by atoms with Gasteiger partial charge in [-0.15, -0.1) is 10.2 Å². The standard InChI is InChI=1S/C16H15ClN4S/c1-11-5-2-3-6-13(11)10-22-16-20-19-15(21(16)18)12-7-4-8-14(17)9-12/h2-9H,10,18H2,1H3. The van der Waals surface area contributed by atoms with Crippen molar-refractivity contribution in [1.29, 1.82) is 0 Å². The van der Waals surface area contributed by atoms with E-state index in [0.29, 0.717) is 16.0 Å². The van der Waals surface area contributed by atoms with Crippen LogP contribution in [0.4, 0.5) is 0 Å². The maximum Gasteiger partial charge on any atom is 0.210 e. The third-order valence-electron chi connectivity index (χ3n) is 3.37. The minimum Gasteiger partial charge on any atom is -0.335 e. The number of nitrogens with zero attached hydrogens (tertiary/aromatic N) is 3. The summed E-state index contributed by atoms with van der Waals surface area (Å²) in [6, 6.07) is 15.7. The van der Waals surface area contributed by atoms with Crippen molar-refractivity contribution in [2.24, 2.45) is 0 Å². The van der Waals surface area contributed by atoms with Gasteiger partial charge in [0.1, 0.15) is 0 Å². The second-order valence-electron chi connectivity index (χ2n) is 4.90. The SMILES string of the molecule is Cc1ccccc1CSc1nnc(-c2cccc(Cl)c2)n1N. The predicted molar refractivity (Wildman–Crippen MR) is 91.4 cm³/mol. The number of aryl methyl sites for hydroxylation is 1. The molecule has 22 heavy (non-hydrogen) atoms. The molecule has 4 nitrogen and oxygen atoms in total. The quantitative estimate of drug-likeness (QED) is 0.582. The summed E-state index contributed by atoms with van der Waals surface area (Å²) in [6.07, 6.45) is 0. The smallest absolute Gasteiger partial charge is 0.210 e. The number of halogens is 1. The Morgan fingerprint density at radius 2 is 1.95 bits per heavy atom. The van der Waals surface area contributed by atoms with Crippen LogP contribution in [0.3, 0.4) is 0 Å². The van der Waals surface area contributed by atoms with Gasteiger partial charge in [-0.05, 0) is 30.2 Å². The number of aromatic nitrogens is 3. The van der Waals surface area contributed by atoms with Crippen LogP contribution >= 0.6 is 23.4 Å². The number of hydrogen-bond acceptors (Lipinski definition) is 4. The highest BCUT2D eigenvalue weighted by molar-refractivity contribution is 7.98. The zero-order valence-corrected chi connectivity index (χ0v) is 13.6. The summed E-state index contributed by atoms with van der Waals surface area (Å²) >= 11 is 7.57. The van der Waals surface area contributed by atoms with E-state index >= 15 is 0 Å². The molecule has 0 aliphatic heterocycles. The van der Waals surface area contributed by atoms with Gasteiger partial charge in [0, 0.05) is 16.3 Å². The highest BCUT2D eigenvalue weighted by Gasteiger charge is 2.12. The van der Waals surface area contributed by atoms with Crippen molar-refractivity contribution in [3.63, 3.8) is 0 Å². The molecule has 0 saturated heterocycles. The topological polar surface area (TPSA) is 56.7 Å². The Bertz CT molecular complexity index is 800. The molecular weight excluding hydrogens is 316 g/mol. The lowest BCUT2D eigenvalue weighted by molar-refractivity contribution is 0.849. The van der Waals surface area contributed by atoms with E-state index < -0.39 is 0 Å². The van der Waals surface area contributed by atoms with Gasteiger partial charge < -0.3 is 5.84 Å². The fourth-order valence-corrected chi connectivity index (χ4v) is 3.24. The van der Waals surface area contributed by atoms with Crippen LogP contribution in [0.5, 0.6) is 0 Å². The first kappa shape index (κ1) is 14.9. The van der Waals surface area contributed by atoms with E-state index in [1.165, 1.54) is 15.8 Å². The molecule has 0 amide bonds. The molecule has 1 aromatic heterocycles. The molecule has 0 aliphatic carbocycles. The maximum atomic E-state index is 6.12. The summed E-state index contributed by atoms with van der Waals surface area (Å²) in [5.74, 6) is 7.52. The summed E-state index contributed by atoms with van der Waals surface area (Å²) < 4.78 is 1.51. The molecule has 0 atom stereocenters. The van der Waals surface area contributed by atoms with Crippen molar-refractivity contribution in [2.75, 3.05) is 5.84 Å². The molecule has 0 spiro atoms. The first-order valence-corrected chi connectivity index (χ1v) is 8.15. The van der Waals surface area contributed by atoms with Crippen LogP contribution in [0.1, 0.15) is 11.1 Å². The van der Waals surface area contributed by atoms with Crippen LogP contribution in [0.15, 0.2) is 53.7 Å². The van der Waals surface area contributed by atoms with Gasteiger partial charge in [-0.1, -0.05) is 59.8 Å². The Kier molecular flexibility index (Phi) is 4.36. The molecule has 1 heterocycles. The van der Waals surface area contributed by atoms with Gasteiger partial charge in [0.25, 0.3) is 0 Å². The van der Waals surface area contributed by atoms with E-state index in [9.17, 15) is 0 Å². The molecule has 0 saturated carbocycles. The highest BCUT2D eigenvalue weighted by Crippen LogP contribution is 2.26. The van der Waals surface area contributed by atoms with E-state index in [4.69, 9.17) is 17.4 Å². The normalized spacial score (nSPS) is 10.8. The van der Waals surface area contributed by atoms with Gasteiger partial charge in [-0.3, -0.25) is 0 Å². The highest BCUT2D eigenvalue weighted by atomic mass is 35.5. The van der Waals surface area contributed by atoms with Crippen LogP contribution in [-0.2, 0) is 5.75 Å². The lowest BCUT2D eigenvalue weighted by Crippen LogP contribution is -2.11. The number of rotatable bonds is 4. The summed E-state index contributed by atoms with van der Waals surface area (Å²) in [4.78, 5) is 0. The van der Waals surface area contributed by atoms with Gasteiger partial charge >= 0.3 is 0 Å². The van der Waals surface area contributed by atoms with Crippen molar-refractivity contribution in [2.45, 2.75) is 17.8 Å². The van der Waals surface area contributed by atoms with Crippen LogP contribution in [0.2, 0.25) is 5.02 Å². The number of nitrogen functional groups attached to an aromatic ring is 1. The summed E-state index contributed by atoms with van der Waals surface area (Å²) in [5.41, 5.74) is 3.37. The molecule has 0 radical (unpaired) electrons. The zero-order chi connectivity index (χ0) is 15.5. The third kappa shape index (κ3) is 3.10. The molecule has 0 unspecified atom stereocenters. The molecule has 112 valence electrons. The molecule has 2 N–H and O–H groups in total. The first-order valence-electron chi connectivity index (χ1n) is 6.79. The average molecular weight is 331 g/mol. The Labute approximate surface area is 138 Å². The lowest BCUT2D eigenvalue weighted by atomic mass is 10.1. The molecular formula is C16H15ClN4S. The van der Waals surface area contributed by atoms with Crippen molar-refractivity contribution in [3.8, 4) is 11.4 Å². The molecule has 3 aromatic rings. The van der Waals surface area contributed by atoms with E-state index in [0.717, 1.165) is 11.3 Å². The molecule has 2 aromatic carbocycles. The van der Waals surface area contributed by atoms with Crippen LogP contribution in [-0.4, -0.2) is 14.9 Å². The van der Waals surface area contributed by atoms with E-state index in [1.54, 1.807) is 11.8 Å². The molecule has 3 rings (SSSR count). The number of nitrogens with two attached hydrogens (primary N) is 1. The Morgan fingerprint density at radius 3 is 2.73 bits per heavy atom. The second-order valence-corrected chi connectivity index (χ2v) is 6.28. The molecule has 0 fully saturated rings. The molecule has 0 bridgehead atoms. The second kappa shape index (κ2) is 6.42. The van der Waals surface area contributed by atoms with Crippen molar-refractivity contribution < 1.29 is 0 Å². The van der Waals surface area contributed by atoms with Crippen LogP contribution in [0, 0.1) is 6.92 Å². The van der Waals surface area contributed by atoms with Crippen molar-refractivity contribution >= 4 is 23.4 Å². The van der Waals surface area contributed by atoms with E-state index in [2.05, 4.69) is 29.3 Å². The fourth-order valence-electron chi connectivity index (χ4n) is 2.11. The van der Waals surface area contributed by atoms with E-state index in [1.807, 2.05) is 36.4 Å². The zero-order valence-electron chi connectivity index (χ0n) is 12.0. The minimum absolute atomic E-state index is 0.606. The number of hydrogen-bond donors (Lipinski definition) is 1. The molecule has 6 heteroatoms. The van der Waals surface area contributed by atoms with E-state index in [-0.39, 0.29) is 0 Å². The fraction of sp³-hybridized carbons (Fsp3) is 0.125. The largest absolute Gasteiger partial charge is 0.335 e. The number of thioether (sulfide) groups is 1. The van der Waals surface area contributed by atoms with Gasteiger partial charge in [0.15, 0.2) is 5.82 Å². The van der Waals surface area contributed by atoms with Gasteiger partial charge in [0.05, 0.1) is 0 Å². The minimum atomic E-state index is 0.606. The first-order chi connectivity index (χ1) is 10.6. The Hall–Kier alpha value is -1.98. The predicted octanol–water partition coefficient (Wildman–Crippen LogP) is 3.91. The summed E-state index contributed by atoms with van der Waals surface area (Å²) in [7, 11) is 0. The van der Waals surface area contributed by atoms with Crippen molar-refractivity contribution in [3.05, 3.63) is 64.7 Å². The average Bonchev–Trinajstić information content (AvgIpc) is 2.87. The Morgan fingerprint density at radius 1 is 1.14 bits per heavy atom. The van der Waals surface area contributed by atoms with Gasteiger partial charge in [0.2, 0.25) is 5.16 Å². The maximum absolute atomic E-state index is 6.12. The summed E-state index contributed by atoms with van der Waals surface area (Å²) in [5, 5.41) is 9.67. The lowest BCUT2D eigenvalue weighted by Gasteiger charge is -2.06. The third-order valence-corrected chi connectivity index (χ3v) is 4.59. The van der Waals surface area contributed by atoms with Crippen molar-refractivity contribution in [1.82, 2.24) is 14.9 Å².